The molecule has 4 rings (SSSR count). The van der Waals surface area contributed by atoms with Gasteiger partial charge in [0.05, 0.1) is 29.4 Å². The second kappa shape index (κ2) is 8.13. The fourth-order valence-corrected chi connectivity index (χ4v) is 4.54. The number of rotatable bonds is 5. The molecule has 1 amide bonds. The molecule has 0 radical (unpaired) electrons. The summed E-state index contributed by atoms with van der Waals surface area (Å²) in [4.78, 5) is 25.9. The molecule has 2 aromatic carbocycles. The highest BCUT2D eigenvalue weighted by Crippen LogP contribution is 2.37. The minimum Gasteiger partial charge on any atom is -0.462 e. The zero-order valence-corrected chi connectivity index (χ0v) is 17.0. The third kappa shape index (κ3) is 3.91. The van der Waals surface area contributed by atoms with E-state index in [1.54, 1.807) is 23.4 Å². The average molecular weight is 407 g/mol. The highest BCUT2D eigenvalue weighted by molar-refractivity contribution is 8.01. The van der Waals surface area contributed by atoms with Gasteiger partial charge in [0.1, 0.15) is 5.56 Å². The normalized spacial score (nSPS) is 15.0. The highest BCUT2D eigenvalue weighted by atomic mass is 32.2. The van der Waals surface area contributed by atoms with Crippen molar-refractivity contribution in [3.05, 3.63) is 71.5 Å². The maximum atomic E-state index is 12.7. The van der Waals surface area contributed by atoms with Crippen LogP contribution in [0.4, 0.5) is 5.69 Å². The molecule has 0 saturated heterocycles. The Kier molecular flexibility index (Phi) is 5.40. The van der Waals surface area contributed by atoms with Crippen molar-refractivity contribution in [3.63, 3.8) is 0 Å². The average Bonchev–Trinajstić information content (AvgIpc) is 3.32. The largest absolute Gasteiger partial charge is 0.462 e. The van der Waals surface area contributed by atoms with Gasteiger partial charge in [-0.15, -0.1) is 11.8 Å². The summed E-state index contributed by atoms with van der Waals surface area (Å²) in [6.45, 7) is 3.90. The molecule has 0 bridgehead atoms. The quantitative estimate of drug-likeness (QED) is 0.647. The molecule has 1 unspecified atom stereocenters. The summed E-state index contributed by atoms with van der Waals surface area (Å²) in [5.41, 5.74) is 3.79. The van der Waals surface area contributed by atoms with E-state index in [4.69, 9.17) is 4.74 Å². The Morgan fingerprint density at radius 3 is 2.86 bits per heavy atom. The van der Waals surface area contributed by atoms with Crippen molar-refractivity contribution in [2.24, 2.45) is 0 Å². The number of hydrogen-bond donors (Lipinski definition) is 1. The van der Waals surface area contributed by atoms with E-state index in [2.05, 4.69) is 22.5 Å². The maximum absolute atomic E-state index is 12.7. The third-order valence-electron chi connectivity index (χ3n) is 4.80. The van der Waals surface area contributed by atoms with Gasteiger partial charge in [-0.05, 0) is 50.1 Å². The zero-order chi connectivity index (χ0) is 20.4. The van der Waals surface area contributed by atoms with Crippen molar-refractivity contribution in [2.75, 3.05) is 11.9 Å². The first kappa shape index (κ1) is 19.3. The number of carbonyl (C=O) groups excluding carboxylic acids is 2. The molecule has 2 heterocycles. The standard InChI is InChI=1S/C22H21N3O3S/c1-3-28-22(27)18-13-23-25(14(18)2)17-9-6-8-16(12-17)24-21(26)20-11-15-7-4-5-10-19(15)29-20/h4-10,12-13,20H,3,11H2,1-2H3,(H,24,26). The smallest absolute Gasteiger partial charge is 0.341 e. The summed E-state index contributed by atoms with van der Waals surface area (Å²) in [5.74, 6) is -0.411. The van der Waals surface area contributed by atoms with Crippen LogP contribution in [-0.2, 0) is 16.0 Å². The minimum atomic E-state index is -0.390. The number of nitrogens with one attached hydrogen (secondary N) is 1. The predicted octanol–water partition coefficient (Wildman–Crippen LogP) is 4.01. The maximum Gasteiger partial charge on any atom is 0.341 e. The second-order valence-electron chi connectivity index (χ2n) is 6.73. The zero-order valence-electron chi connectivity index (χ0n) is 16.2. The molecule has 3 aromatic rings. The molecule has 0 aliphatic carbocycles. The Hall–Kier alpha value is -3.06. The Morgan fingerprint density at radius 2 is 2.07 bits per heavy atom. The summed E-state index contributed by atoms with van der Waals surface area (Å²) in [5, 5.41) is 7.18. The Balaban J connectivity index is 1.50. The van der Waals surface area contributed by atoms with Gasteiger partial charge in [0, 0.05) is 10.6 Å². The summed E-state index contributed by atoms with van der Waals surface area (Å²) in [7, 11) is 0. The lowest BCUT2D eigenvalue weighted by molar-refractivity contribution is -0.115. The fourth-order valence-electron chi connectivity index (χ4n) is 3.35. The number of aromatic nitrogens is 2. The van der Waals surface area contributed by atoms with Gasteiger partial charge in [-0.3, -0.25) is 4.79 Å². The van der Waals surface area contributed by atoms with Gasteiger partial charge in [0.25, 0.3) is 0 Å². The fraction of sp³-hybridized carbons (Fsp3) is 0.227. The van der Waals surface area contributed by atoms with Gasteiger partial charge < -0.3 is 10.1 Å². The molecule has 0 spiro atoms. The molecule has 0 fully saturated rings. The molecule has 0 saturated carbocycles. The molecule has 7 heteroatoms. The topological polar surface area (TPSA) is 73.2 Å². The molecule has 1 aliphatic rings. The van der Waals surface area contributed by atoms with E-state index in [-0.39, 0.29) is 11.2 Å². The monoisotopic (exact) mass is 407 g/mol. The molecule has 1 atom stereocenters. The van der Waals surface area contributed by atoms with E-state index >= 15 is 0 Å². The van der Waals surface area contributed by atoms with Crippen LogP contribution in [0.3, 0.4) is 0 Å². The van der Waals surface area contributed by atoms with Crippen LogP contribution in [0.2, 0.25) is 0 Å². The molecule has 29 heavy (non-hydrogen) atoms. The Labute approximate surface area is 173 Å². The Morgan fingerprint density at radius 1 is 1.24 bits per heavy atom. The van der Waals surface area contributed by atoms with E-state index in [0.29, 0.717) is 23.6 Å². The first-order valence-corrected chi connectivity index (χ1v) is 10.3. The summed E-state index contributed by atoms with van der Waals surface area (Å²) < 4.78 is 6.74. The van der Waals surface area contributed by atoms with Crippen molar-refractivity contribution in [2.45, 2.75) is 30.4 Å². The number of hydrogen-bond acceptors (Lipinski definition) is 5. The van der Waals surface area contributed by atoms with Crippen LogP contribution >= 0.6 is 11.8 Å². The Bertz CT molecular complexity index is 1050. The number of benzene rings is 2. The molecule has 148 valence electrons. The molecular weight excluding hydrogens is 386 g/mol. The number of fused-ring (bicyclic) bond motifs is 1. The van der Waals surface area contributed by atoms with Gasteiger partial charge in [-0.1, -0.05) is 24.3 Å². The lowest BCUT2D eigenvalue weighted by Crippen LogP contribution is -2.24. The van der Waals surface area contributed by atoms with Crippen molar-refractivity contribution >= 4 is 29.3 Å². The summed E-state index contributed by atoms with van der Waals surface area (Å²) >= 11 is 1.60. The molecular formula is C22H21N3O3S. The SMILES string of the molecule is CCOC(=O)c1cnn(-c2cccc(NC(=O)C3Cc4ccccc4S3)c2)c1C. The highest BCUT2D eigenvalue weighted by Gasteiger charge is 2.28. The molecule has 1 N–H and O–H groups in total. The number of carbonyl (C=O) groups is 2. The van der Waals surface area contributed by atoms with Crippen LogP contribution in [0.5, 0.6) is 0 Å². The first-order chi connectivity index (χ1) is 14.1. The van der Waals surface area contributed by atoms with Crippen LogP contribution < -0.4 is 5.32 Å². The van der Waals surface area contributed by atoms with Crippen LogP contribution in [0, 0.1) is 6.92 Å². The van der Waals surface area contributed by atoms with E-state index in [0.717, 1.165) is 12.1 Å². The van der Waals surface area contributed by atoms with Crippen molar-refractivity contribution < 1.29 is 14.3 Å². The van der Waals surface area contributed by atoms with Gasteiger partial charge >= 0.3 is 5.97 Å². The van der Waals surface area contributed by atoms with E-state index in [9.17, 15) is 9.59 Å². The predicted molar refractivity (Wildman–Crippen MR) is 113 cm³/mol. The minimum absolute atomic E-state index is 0.0206. The molecule has 6 nitrogen and oxygen atoms in total. The summed E-state index contributed by atoms with van der Waals surface area (Å²) in [6, 6.07) is 15.5. The number of esters is 1. The van der Waals surface area contributed by atoms with Gasteiger partial charge in [-0.25, -0.2) is 9.48 Å². The number of anilines is 1. The van der Waals surface area contributed by atoms with Crippen molar-refractivity contribution in [3.8, 4) is 5.69 Å². The first-order valence-electron chi connectivity index (χ1n) is 9.44. The lowest BCUT2D eigenvalue weighted by atomic mass is 10.1. The van der Waals surface area contributed by atoms with Gasteiger partial charge in [0.15, 0.2) is 0 Å². The van der Waals surface area contributed by atoms with Crippen LogP contribution in [0.25, 0.3) is 5.69 Å². The van der Waals surface area contributed by atoms with E-state index in [1.165, 1.54) is 16.7 Å². The third-order valence-corrected chi connectivity index (χ3v) is 6.12. The van der Waals surface area contributed by atoms with Gasteiger partial charge in [0.2, 0.25) is 5.91 Å². The number of ether oxygens (including phenoxy) is 1. The van der Waals surface area contributed by atoms with Crippen LogP contribution in [-0.4, -0.2) is 33.5 Å². The van der Waals surface area contributed by atoms with Crippen LogP contribution in [0.15, 0.2) is 59.6 Å². The van der Waals surface area contributed by atoms with Gasteiger partial charge in [-0.2, -0.15) is 5.10 Å². The number of nitrogens with zero attached hydrogens (tertiary/aromatic N) is 2. The van der Waals surface area contributed by atoms with E-state index < -0.39 is 5.97 Å². The lowest BCUT2D eigenvalue weighted by Gasteiger charge is -2.12. The summed E-state index contributed by atoms with van der Waals surface area (Å²) in [6.07, 6.45) is 2.23. The number of amides is 1. The molecule has 1 aromatic heterocycles. The molecule has 1 aliphatic heterocycles. The van der Waals surface area contributed by atoms with Crippen LogP contribution in [0.1, 0.15) is 28.5 Å². The van der Waals surface area contributed by atoms with Crippen molar-refractivity contribution in [1.29, 1.82) is 0 Å². The van der Waals surface area contributed by atoms with Crippen molar-refractivity contribution in [1.82, 2.24) is 9.78 Å². The number of thioether (sulfide) groups is 1. The second-order valence-corrected chi connectivity index (χ2v) is 7.98. The van der Waals surface area contributed by atoms with E-state index in [1.807, 2.05) is 43.3 Å².